The van der Waals surface area contributed by atoms with Crippen LogP contribution in [0.15, 0.2) is 164 Å². The molecule has 1 aliphatic rings. The molecule has 0 unspecified atom stereocenters. The number of fused-ring (bicyclic) bond motifs is 8. The summed E-state index contributed by atoms with van der Waals surface area (Å²) in [5.41, 5.74) is 11.3. The van der Waals surface area contributed by atoms with Crippen molar-refractivity contribution >= 4 is 32.3 Å². The van der Waals surface area contributed by atoms with Gasteiger partial charge in [0.25, 0.3) is 0 Å². The monoisotopic (exact) mass is 558 g/mol. The van der Waals surface area contributed by atoms with E-state index in [2.05, 4.69) is 171 Å². The predicted octanol–water partition coefficient (Wildman–Crippen LogP) is 11.5. The Morgan fingerprint density at radius 3 is 1.57 bits per heavy atom. The molecule has 0 aromatic heterocycles. The fourth-order valence-electron chi connectivity index (χ4n) is 7.96. The second-order valence-corrected chi connectivity index (χ2v) is 12.1. The molecule has 0 saturated heterocycles. The molecule has 8 aromatic rings. The van der Waals surface area contributed by atoms with Gasteiger partial charge in [0.2, 0.25) is 0 Å². The predicted molar refractivity (Wildman–Crippen MR) is 186 cm³/mol. The lowest BCUT2D eigenvalue weighted by Gasteiger charge is -2.34. The molecule has 0 spiro atoms. The maximum atomic E-state index is 2.53. The van der Waals surface area contributed by atoms with Crippen LogP contribution in [0.2, 0.25) is 0 Å². The van der Waals surface area contributed by atoms with E-state index in [-0.39, 0.29) is 0 Å². The van der Waals surface area contributed by atoms with Gasteiger partial charge in [-0.05, 0) is 95.9 Å². The lowest BCUT2D eigenvalue weighted by molar-refractivity contribution is 0.768. The molecule has 44 heavy (non-hydrogen) atoms. The van der Waals surface area contributed by atoms with Gasteiger partial charge < -0.3 is 0 Å². The molecular formula is C44H30. The quantitative estimate of drug-likeness (QED) is 0.189. The number of rotatable bonds is 3. The van der Waals surface area contributed by atoms with E-state index < -0.39 is 5.41 Å². The van der Waals surface area contributed by atoms with Crippen molar-refractivity contribution in [2.24, 2.45) is 0 Å². The van der Waals surface area contributed by atoms with Gasteiger partial charge in [-0.3, -0.25) is 0 Å². The zero-order valence-electron chi connectivity index (χ0n) is 24.6. The van der Waals surface area contributed by atoms with Crippen LogP contribution in [0.5, 0.6) is 0 Å². The van der Waals surface area contributed by atoms with Gasteiger partial charge in [0.15, 0.2) is 0 Å². The SMILES string of the molecule is Cc1ccc2c(c1)C(c1ccccc1)(c1ccccc1)c1cc(-c3cc4ccccc4c4ccccc34)c3ccccc3c1-2. The second kappa shape index (κ2) is 9.53. The van der Waals surface area contributed by atoms with Crippen LogP contribution < -0.4 is 0 Å². The van der Waals surface area contributed by atoms with E-state index in [1.807, 2.05) is 0 Å². The highest BCUT2D eigenvalue weighted by Gasteiger charge is 2.47. The molecule has 206 valence electrons. The van der Waals surface area contributed by atoms with Crippen molar-refractivity contribution in [1.29, 1.82) is 0 Å². The third kappa shape index (κ3) is 3.40. The molecule has 0 heterocycles. The Labute approximate surface area is 257 Å². The Hall–Kier alpha value is -5.46. The molecule has 0 radical (unpaired) electrons. The van der Waals surface area contributed by atoms with Crippen LogP contribution in [0.1, 0.15) is 27.8 Å². The molecule has 8 aromatic carbocycles. The van der Waals surface area contributed by atoms with Gasteiger partial charge in [-0.2, -0.15) is 0 Å². The van der Waals surface area contributed by atoms with Crippen molar-refractivity contribution in [2.45, 2.75) is 12.3 Å². The number of aryl methyl sites for hydroxylation is 1. The number of hydrogen-bond donors (Lipinski definition) is 0. The number of benzene rings is 8. The van der Waals surface area contributed by atoms with Crippen molar-refractivity contribution in [3.8, 4) is 22.3 Å². The Kier molecular flexibility index (Phi) is 5.43. The fraction of sp³-hybridized carbons (Fsp3) is 0.0455. The van der Waals surface area contributed by atoms with E-state index in [0.717, 1.165) is 0 Å². The third-order valence-electron chi connectivity index (χ3n) is 9.77. The van der Waals surface area contributed by atoms with Crippen LogP contribution in [0.4, 0.5) is 0 Å². The van der Waals surface area contributed by atoms with E-state index in [0.29, 0.717) is 0 Å². The summed E-state index contributed by atoms with van der Waals surface area (Å²) >= 11 is 0. The van der Waals surface area contributed by atoms with Crippen molar-refractivity contribution in [3.05, 3.63) is 192 Å². The summed E-state index contributed by atoms with van der Waals surface area (Å²) < 4.78 is 0. The van der Waals surface area contributed by atoms with Crippen LogP contribution in [0.25, 0.3) is 54.6 Å². The van der Waals surface area contributed by atoms with Gasteiger partial charge in [0, 0.05) is 0 Å². The van der Waals surface area contributed by atoms with E-state index in [1.165, 1.54) is 82.4 Å². The van der Waals surface area contributed by atoms with E-state index >= 15 is 0 Å². The summed E-state index contributed by atoms with van der Waals surface area (Å²) in [5.74, 6) is 0. The molecule has 9 rings (SSSR count). The molecule has 0 N–H and O–H groups in total. The minimum absolute atomic E-state index is 0.454. The summed E-state index contributed by atoms with van der Waals surface area (Å²) in [4.78, 5) is 0. The summed E-state index contributed by atoms with van der Waals surface area (Å²) in [6.45, 7) is 2.22. The molecule has 1 aliphatic carbocycles. The van der Waals surface area contributed by atoms with Crippen molar-refractivity contribution in [1.82, 2.24) is 0 Å². The summed E-state index contributed by atoms with van der Waals surface area (Å²) in [7, 11) is 0. The van der Waals surface area contributed by atoms with E-state index in [1.54, 1.807) is 0 Å². The van der Waals surface area contributed by atoms with Gasteiger partial charge in [-0.1, -0.05) is 157 Å². The van der Waals surface area contributed by atoms with Crippen molar-refractivity contribution < 1.29 is 0 Å². The highest BCUT2D eigenvalue weighted by Crippen LogP contribution is 2.59. The van der Waals surface area contributed by atoms with Crippen molar-refractivity contribution in [2.75, 3.05) is 0 Å². The molecule has 0 saturated carbocycles. The molecule has 0 aliphatic heterocycles. The van der Waals surface area contributed by atoms with Crippen LogP contribution in [-0.2, 0) is 5.41 Å². The fourth-order valence-corrected chi connectivity index (χ4v) is 7.96. The molecular weight excluding hydrogens is 528 g/mol. The van der Waals surface area contributed by atoms with Crippen molar-refractivity contribution in [3.63, 3.8) is 0 Å². The van der Waals surface area contributed by atoms with Crippen LogP contribution >= 0.6 is 0 Å². The lowest BCUT2D eigenvalue weighted by atomic mass is 9.67. The summed E-state index contributed by atoms with van der Waals surface area (Å²) in [6.07, 6.45) is 0. The smallest absolute Gasteiger partial charge is 0.0622 e. The molecule has 0 bridgehead atoms. The standard InChI is InChI=1S/C44H30/c1-29-24-25-38-41(26-29)44(31-15-4-2-5-16-31,32-17-6-3-7-18-32)42-28-40(36-22-12-13-23-37(36)43(38)42)39-27-30-14-8-9-19-33(30)34-20-10-11-21-35(34)39/h2-28H,1H3. The van der Waals surface area contributed by atoms with E-state index in [4.69, 9.17) is 0 Å². The average molecular weight is 559 g/mol. The maximum Gasteiger partial charge on any atom is 0.0714 e. The first-order valence-corrected chi connectivity index (χ1v) is 15.4. The Balaban J connectivity index is 1.50. The lowest BCUT2D eigenvalue weighted by Crippen LogP contribution is -2.28. The van der Waals surface area contributed by atoms with Gasteiger partial charge in [0.05, 0.1) is 5.41 Å². The molecule has 0 atom stereocenters. The topological polar surface area (TPSA) is 0 Å². The zero-order chi connectivity index (χ0) is 29.3. The Bertz CT molecular complexity index is 2340. The highest BCUT2D eigenvalue weighted by atomic mass is 14.5. The maximum absolute atomic E-state index is 2.53. The molecule has 0 nitrogen and oxygen atoms in total. The van der Waals surface area contributed by atoms with Crippen LogP contribution in [0, 0.1) is 6.92 Å². The largest absolute Gasteiger partial charge is 0.0714 e. The molecule has 0 amide bonds. The minimum Gasteiger partial charge on any atom is -0.0622 e. The van der Waals surface area contributed by atoms with Gasteiger partial charge in [-0.25, -0.2) is 0 Å². The first-order chi connectivity index (χ1) is 21.7. The summed E-state index contributed by atoms with van der Waals surface area (Å²) in [6, 6.07) is 61.0. The zero-order valence-corrected chi connectivity index (χ0v) is 24.6. The van der Waals surface area contributed by atoms with Gasteiger partial charge >= 0.3 is 0 Å². The first kappa shape index (κ1) is 25.1. The van der Waals surface area contributed by atoms with Crippen LogP contribution in [-0.4, -0.2) is 0 Å². The highest BCUT2D eigenvalue weighted by molar-refractivity contribution is 6.18. The number of hydrogen-bond acceptors (Lipinski definition) is 0. The third-order valence-corrected chi connectivity index (χ3v) is 9.77. The van der Waals surface area contributed by atoms with E-state index in [9.17, 15) is 0 Å². The molecule has 0 heteroatoms. The Morgan fingerprint density at radius 1 is 0.364 bits per heavy atom. The Morgan fingerprint density at radius 2 is 0.886 bits per heavy atom. The second-order valence-electron chi connectivity index (χ2n) is 12.1. The van der Waals surface area contributed by atoms with Gasteiger partial charge in [-0.15, -0.1) is 0 Å². The minimum atomic E-state index is -0.454. The first-order valence-electron chi connectivity index (χ1n) is 15.4. The molecule has 0 fully saturated rings. The normalized spacial score (nSPS) is 13.3. The van der Waals surface area contributed by atoms with Crippen LogP contribution in [0.3, 0.4) is 0 Å². The summed E-state index contributed by atoms with van der Waals surface area (Å²) in [5, 5.41) is 7.73. The van der Waals surface area contributed by atoms with Gasteiger partial charge in [0.1, 0.15) is 0 Å². The average Bonchev–Trinajstić information content (AvgIpc) is 3.38.